The first-order valence-electron chi connectivity index (χ1n) is 8.66. The molecule has 2 aromatic heterocycles. The molecule has 0 aliphatic carbocycles. The van der Waals surface area contributed by atoms with E-state index in [1.54, 1.807) is 0 Å². The van der Waals surface area contributed by atoms with Crippen molar-refractivity contribution in [1.29, 1.82) is 0 Å². The Kier molecular flexibility index (Phi) is 5.56. The van der Waals surface area contributed by atoms with Crippen LogP contribution in [0.2, 0.25) is 0 Å². The lowest BCUT2D eigenvalue weighted by atomic mass is 10.2. The van der Waals surface area contributed by atoms with Crippen molar-refractivity contribution in [2.45, 2.75) is 19.4 Å². The smallest absolute Gasteiger partial charge is 0.258 e. The van der Waals surface area contributed by atoms with Crippen LogP contribution in [-0.4, -0.2) is 59.8 Å². The highest BCUT2D eigenvalue weighted by atomic mass is 35.5. The molecule has 2 saturated heterocycles. The van der Waals surface area contributed by atoms with Crippen LogP contribution < -0.4 is 10.2 Å². The van der Waals surface area contributed by atoms with Crippen molar-refractivity contribution in [3.63, 3.8) is 0 Å². The summed E-state index contributed by atoms with van der Waals surface area (Å²) in [6, 6.07) is 4.15. The Hall–Kier alpha value is -1.70. The summed E-state index contributed by atoms with van der Waals surface area (Å²) in [6.07, 6.45) is 3.05. The third kappa shape index (κ3) is 3.78. The molecular formula is C17H25ClN6O. The average molecular weight is 365 g/mol. The lowest BCUT2D eigenvalue weighted by molar-refractivity contribution is 0.190. The summed E-state index contributed by atoms with van der Waals surface area (Å²) in [5.74, 6) is 3.03. The van der Waals surface area contributed by atoms with Gasteiger partial charge in [0.2, 0.25) is 0 Å². The molecule has 2 aromatic rings. The van der Waals surface area contributed by atoms with E-state index in [1.165, 1.54) is 6.42 Å². The number of hydrogen-bond acceptors (Lipinski definition) is 7. The van der Waals surface area contributed by atoms with E-state index in [2.05, 4.69) is 50.3 Å². The van der Waals surface area contributed by atoms with Gasteiger partial charge in [-0.2, -0.15) is 4.98 Å². The van der Waals surface area contributed by atoms with E-state index in [-0.39, 0.29) is 18.4 Å². The minimum Gasteiger partial charge on any atom is -0.356 e. The van der Waals surface area contributed by atoms with Gasteiger partial charge in [-0.25, -0.2) is 4.98 Å². The Bertz CT molecular complexity index is 708. The van der Waals surface area contributed by atoms with Crippen molar-refractivity contribution in [3.05, 3.63) is 24.2 Å². The minimum atomic E-state index is 0. The predicted octanol–water partition coefficient (Wildman–Crippen LogP) is 1.98. The van der Waals surface area contributed by atoms with E-state index in [9.17, 15) is 0 Å². The number of hydrogen-bond donors (Lipinski definition) is 1. The van der Waals surface area contributed by atoms with E-state index in [0.717, 1.165) is 55.8 Å². The van der Waals surface area contributed by atoms with Crippen molar-refractivity contribution in [2.24, 2.45) is 5.92 Å². The normalized spacial score (nSPS) is 24.3. The molecule has 7 nitrogen and oxygen atoms in total. The molecule has 0 amide bonds. The molecule has 2 atom stereocenters. The average Bonchev–Trinajstić information content (AvgIpc) is 3.25. The monoisotopic (exact) mass is 364 g/mol. The molecule has 136 valence electrons. The molecule has 4 rings (SSSR count). The Balaban J connectivity index is 0.00000182. The number of nitrogens with one attached hydrogen (secondary N) is 1. The largest absolute Gasteiger partial charge is 0.356 e. The van der Waals surface area contributed by atoms with Crippen LogP contribution >= 0.6 is 12.4 Å². The first-order chi connectivity index (χ1) is 11.7. The van der Waals surface area contributed by atoms with Crippen LogP contribution in [0.4, 0.5) is 5.82 Å². The number of likely N-dealkylation sites (N-methyl/N-ethyl adjacent to an activating group) is 1. The molecule has 0 aromatic carbocycles. The third-order valence-electron chi connectivity index (χ3n) is 4.99. The van der Waals surface area contributed by atoms with Gasteiger partial charge in [-0.15, -0.1) is 12.4 Å². The zero-order chi connectivity index (χ0) is 16.5. The van der Waals surface area contributed by atoms with Crippen LogP contribution in [-0.2, 0) is 0 Å². The van der Waals surface area contributed by atoms with E-state index in [4.69, 9.17) is 4.52 Å². The molecule has 0 spiro atoms. The second kappa shape index (κ2) is 7.68. The maximum Gasteiger partial charge on any atom is 0.258 e. The second-order valence-corrected chi connectivity index (χ2v) is 6.90. The quantitative estimate of drug-likeness (QED) is 0.892. The first-order valence-corrected chi connectivity index (χ1v) is 8.66. The molecule has 1 N–H and O–H groups in total. The number of piperazine rings is 1. The van der Waals surface area contributed by atoms with E-state index >= 15 is 0 Å². The lowest BCUT2D eigenvalue weighted by Crippen LogP contribution is -2.44. The number of aromatic nitrogens is 3. The van der Waals surface area contributed by atoms with Gasteiger partial charge in [0.05, 0.1) is 6.04 Å². The Morgan fingerprint density at radius 3 is 2.96 bits per heavy atom. The van der Waals surface area contributed by atoms with Crippen molar-refractivity contribution in [1.82, 2.24) is 25.3 Å². The fourth-order valence-corrected chi connectivity index (χ4v) is 3.45. The number of halogens is 1. The fourth-order valence-electron chi connectivity index (χ4n) is 3.45. The zero-order valence-corrected chi connectivity index (χ0v) is 15.5. The Morgan fingerprint density at radius 1 is 1.32 bits per heavy atom. The highest BCUT2D eigenvalue weighted by molar-refractivity contribution is 5.85. The van der Waals surface area contributed by atoms with Crippen molar-refractivity contribution in [2.75, 3.05) is 44.7 Å². The summed E-state index contributed by atoms with van der Waals surface area (Å²) >= 11 is 0. The fraction of sp³-hybridized carbons (Fsp3) is 0.588. The molecule has 0 bridgehead atoms. The Labute approximate surface area is 154 Å². The van der Waals surface area contributed by atoms with E-state index < -0.39 is 0 Å². The maximum atomic E-state index is 5.53. The molecule has 2 aliphatic rings. The van der Waals surface area contributed by atoms with Gasteiger partial charge in [0.1, 0.15) is 5.82 Å². The van der Waals surface area contributed by atoms with Crippen LogP contribution in [0.15, 0.2) is 22.9 Å². The summed E-state index contributed by atoms with van der Waals surface area (Å²) in [4.78, 5) is 13.7. The summed E-state index contributed by atoms with van der Waals surface area (Å²) in [6.45, 7) is 7.24. The van der Waals surface area contributed by atoms with Gasteiger partial charge < -0.3 is 14.7 Å². The molecule has 0 radical (unpaired) electrons. The number of anilines is 1. The van der Waals surface area contributed by atoms with Crippen LogP contribution in [0.25, 0.3) is 11.5 Å². The van der Waals surface area contributed by atoms with Crippen LogP contribution in [0.1, 0.15) is 25.2 Å². The predicted molar refractivity (Wildman–Crippen MR) is 99.0 cm³/mol. The number of nitrogens with zero attached hydrogens (tertiary/aromatic N) is 5. The highest BCUT2D eigenvalue weighted by Gasteiger charge is 2.26. The summed E-state index contributed by atoms with van der Waals surface area (Å²) in [5.41, 5.74) is 0.935. The van der Waals surface area contributed by atoms with E-state index in [0.29, 0.717) is 5.89 Å². The van der Waals surface area contributed by atoms with Gasteiger partial charge in [0, 0.05) is 44.5 Å². The Morgan fingerprint density at radius 2 is 2.20 bits per heavy atom. The second-order valence-electron chi connectivity index (χ2n) is 6.90. The van der Waals surface area contributed by atoms with Gasteiger partial charge >= 0.3 is 0 Å². The maximum absolute atomic E-state index is 5.53. The molecule has 2 unspecified atom stereocenters. The van der Waals surface area contributed by atoms with Gasteiger partial charge in [0.25, 0.3) is 5.89 Å². The van der Waals surface area contributed by atoms with Crippen LogP contribution in [0.3, 0.4) is 0 Å². The molecule has 4 heterocycles. The third-order valence-corrected chi connectivity index (χ3v) is 4.99. The summed E-state index contributed by atoms with van der Waals surface area (Å²) in [7, 11) is 2.10. The van der Waals surface area contributed by atoms with Gasteiger partial charge in [-0.3, -0.25) is 4.90 Å². The van der Waals surface area contributed by atoms with Gasteiger partial charge in [-0.1, -0.05) is 12.1 Å². The van der Waals surface area contributed by atoms with E-state index in [1.807, 2.05) is 12.3 Å². The lowest BCUT2D eigenvalue weighted by Gasteiger charge is -2.30. The van der Waals surface area contributed by atoms with Gasteiger partial charge in [-0.05, 0) is 31.5 Å². The molecule has 0 saturated carbocycles. The summed E-state index contributed by atoms with van der Waals surface area (Å²) < 4.78 is 5.53. The first kappa shape index (κ1) is 18.1. The van der Waals surface area contributed by atoms with Gasteiger partial charge in [0.15, 0.2) is 5.82 Å². The number of rotatable bonds is 3. The minimum absolute atomic E-state index is 0. The molecule has 8 heteroatoms. The van der Waals surface area contributed by atoms with Crippen molar-refractivity contribution in [3.8, 4) is 11.5 Å². The summed E-state index contributed by atoms with van der Waals surface area (Å²) in [5, 5.41) is 7.59. The topological polar surface area (TPSA) is 70.3 Å². The highest BCUT2D eigenvalue weighted by Crippen LogP contribution is 2.27. The SMILES string of the molecule is CC1CCN(c2cc(-c3nc(C4CNCCN4C)no3)ccn2)C1.Cl. The number of pyridine rings is 1. The molecule has 2 aliphatic heterocycles. The molecule has 25 heavy (non-hydrogen) atoms. The van der Waals surface area contributed by atoms with Crippen molar-refractivity contribution < 1.29 is 4.52 Å². The zero-order valence-electron chi connectivity index (χ0n) is 14.7. The van der Waals surface area contributed by atoms with Crippen LogP contribution in [0, 0.1) is 5.92 Å². The van der Waals surface area contributed by atoms with Crippen LogP contribution in [0.5, 0.6) is 0 Å². The van der Waals surface area contributed by atoms with Crippen molar-refractivity contribution >= 4 is 18.2 Å². The standard InChI is InChI=1S/C17H24N6O.ClH/c1-12-4-7-23(11-12)15-9-13(3-5-19-15)17-20-16(21-24-17)14-10-18-6-8-22(14)2;/h3,5,9,12,14,18H,4,6-8,10-11H2,1-2H3;1H. The molecule has 2 fully saturated rings. The molecular weight excluding hydrogens is 340 g/mol.